The maximum absolute atomic E-state index is 11.9. The first-order valence-electron chi connectivity index (χ1n) is 6.06. The number of halogens is 1. The highest BCUT2D eigenvalue weighted by Crippen LogP contribution is 2.27. The first kappa shape index (κ1) is 13.2. The van der Waals surface area contributed by atoms with Gasteiger partial charge in [-0.1, -0.05) is 11.6 Å². The van der Waals surface area contributed by atoms with Crippen molar-refractivity contribution in [3.63, 3.8) is 0 Å². The lowest BCUT2D eigenvalue weighted by atomic mass is 10.1. The van der Waals surface area contributed by atoms with Crippen molar-refractivity contribution in [3.8, 4) is 0 Å². The first-order chi connectivity index (χ1) is 8.59. The molecule has 0 saturated carbocycles. The molecule has 1 aromatic carbocycles. The molecule has 0 spiro atoms. The van der Waals surface area contributed by atoms with E-state index < -0.39 is 0 Å². The number of benzene rings is 1. The molecule has 0 radical (unpaired) electrons. The van der Waals surface area contributed by atoms with Crippen molar-refractivity contribution in [1.82, 2.24) is 10.2 Å². The Bertz CT molecular complexity index is 442. The molecule has 0 aromatic heterocycles. The van der Waals surface area contributed by atoms with Crippen molar-refractivity contribution in [2.45, 2.75) is 0 Å². The third-order valence-electron chi connectivity index (χ3n) is 3.06. The molecule has 98 valence electrons. The van der Waals surface area contributed by atoms with Crippen molar-refractivity contribution < 1.29 is 4.79 Å². The van der Waals surface area contributed by atoms with Crippen LogP contribution in [0, 0.1) is 0 Å². The number of amides is 1. The van der Waals surface area contributed by atoms with Gasteiger partial charge in [-0.3, -0.25) is 4.79 Å². The summed E-state index contributed by atoms with van der Waals surface area (Å²) >= 11 is 6.23. The van der Waals surface area contributed by atoms with Crippen LogP contribution in [0.15, 0.2) is 18.2 Å². The minimum absolute atomic E-state index is 0.00283. The van der Waals surface area contributed by atoms with E-state index in [4.69, 9.17) is 11.6 Å². The Morgan fingerprint density at radius 1 is 1.33 bits per heavy atom. The van der Waals surface area contributed by atoms with E-state index in [1.54, 1.807) is 31.1 Å². The summed E-state index contributed by atoms with van der Waals surface area (Å²) < 4.78 is 0. The van der Waals surface area contributed by atoms with E-state index in [9.17, 15) is 4.79 Å². The number of nitrogens with zero attached hydrogens (tertiary/aromatic N) is 2. The second kappa shape index (κ2) is 5.59. The van der Waals surface area contributed by atoms with Gasteiger partial charge in [0.1, 0.15) is 0 Å². The summed E-state index contributed by atoms with van der Waals surface area (Å²) in [5.41, 5.74) is 1.63. The highest BCUT2D eigenvalue weighted by molar-refractivity contribution is 6.33. The second-order valence-electron chi connectivity index (χ2n) is 4.60. The molecule has 18 heavy (non-hydrogen) atoms. The van der Waals surface area contributed by atoms with Crippen LogP contribution in [0.25, 0.3) is 0 Å². The normalized spacial score (nSPS) is 15.6. The molecule has 1 N–H and O–H groups in total. The molecule has 5 heteroatoms. The van der Waals surface area contributed by atoms with Gasteiger partial charge in [-0.15, -0.1) is 0 Å². The van der Waals surface area contributed by atoms with E-state index in [-0.39, 0.29) is 5.91 Å². The molecule has 1 saturated heterocycles. The Kier molecular flexibility index (Phi) is 4.09. The van der Waals surface area contributed by atoms with Crippen molar-refractivity contribution in [1.29, 1.82) is 0 Å². The highest BCUT2D eigenvalue weighted by Gasteiger charge is 2.16. The third kappa shape index (κ3) is 2.76. The van der Waals surface area contributed by atoms with Crippen LogP contribution in [0.2, 0.25) is 5.02 Å². The third-order valence-corrected chi connectivity index (χ3v) is 3.38. The zero-order chi connectivity index (χ0) is 13.1. The lowest BCUT2D eigenvalue weighted by Gasteiger charge is -2.30. The van der Waals surface area contributed by atoms with Gasteiger partial charge < -0.3 is 15.1 Å². The van der Waals surface area contributed by atoms with Crippen LogP contribution < -0.4 is 10.2 Å². The molecular formula is C13H18ClN3O. The van der Waals surface area contributed by atoms with Crippen LogP contribution in [-0.2, 0) is 0 Å². The summed E-state index contributed by atoms with van der Waals surface area (Å²) in [6.45, 7) is 3.73. The maximum Gasteiger partial charge on any atom is 0.253 e. The van der Waals surface area contributed by atoms with Gasteiger partial charge in [-0.2, -0.15) is 0 Å². The Morgan fingerprint density at radius 3 is 2.61 bits per heavy atom. The summed E-state index contributed by atoms with van der Waals surface area (Å²) in [6.07, 6.45) is 0. The number of hydrogen-bond donors (Lipinski definition) is 1. The van der Waals surface area contributed by atoms with Crippen LogP contribution in [0.3, 0.4) is 0 Å². The Labute approximate surface area is 113 Å². The molecule has 1 heterocycles. The van der Waals surface area contributed by atoms with E-state index in [1.807, 2.05) is 6.07 Å². The Hall–Kier alpha value is -1.26. The van der Waals surface area contributed by atoms with E-state index >= 15 is 0 Å². The van der Waals surface area contributed by atoms with Gasteiger partial charge in [0, 0.05) is 45.8 Å². The van der Waals surface area contributed by atoms with Gasteiger partial charge in [-0.25, -0.2) is 0 Å². The summed E-state index contributed by atoms with van der Waals surface area (Å²) in [7, 11) is 3.50. The molecule has 1 aliphatic rings. The number of hydrogen-bond acceptors (Lipinski definition) is 3. The summed E-state index contributed by atoms with van der Waals surface area (Å²) in [5, 5.41) is 4.00. The smallest absolute Gasteiger partial charge is 0.253 e. The summed E-state index contributed by atoms with van der Waals surface area (Å²) in [6, 6.07) is 5.46. The lowest BCUT2D eigenvalue weighted by molar-refractivity contribution is 0.0827. The number of anilines is 1. The Balaban J connectivity index is 2.28. The van der Waals surface area contributed by atoms with Gasteiger partial charge in [-0.05, 0) is 18.2 Å². The number of carbonyl (C=O) groups is 1. The average molecular weight is 268 g/mol. The highest BCUT2D eigenvalue weighted by atomic mass is 35.5. The Morgan fingerprint density at radius 2 is 2.00 bits per heavy atom. The van der Waals surface area contributed by atoms with Gasteiger partial charge in [0.15, 0.2) is 0 Å². The van der Waals surface area contributed by atoms with Crippen molar-refractivity contribution in [3.05, 3.63) is 28.8 Å². The largest absolute Gasteiger partial charge is 0.368 e. The first-order valence-corrected chi connectivity index (χ1v) is 6.44. The molecule has 2 rings (SSSR count). The zero-order valence-electron chi connectivity index (χ0n) is 10.7. The summed E-state index contributed by atoms with van der Waals surface area (Å²) in [4.78, 5) is 15.7. The van der Waals surface area contributed by atoms with Crippen molar-refractivity contribution >= 4 is 23.2 Å². The molecule has 1 amide bonds. The van der Waals surface area contributed by atoms with Crippen molar-refractivity contribution in [2.24, 2.45) is 0 Å². The van der Waals surface area contributed by atoms with Crippen LogP contribution >= 0.6 is 11.6 Å². The quantitative estimate of drug-likeness (QED) is 0.881. The van der Waals surface area contributed by atoms with Gasteiger partial charge in [0.25, 0.3) is 5.91 Å². The van der Waals surface area contributed by atoms with Crippen molar-refractivity contribution in [2.75, 3.05) is 45.2 Å². The molecule has 0 aliphatic carbocycles. The topological polar surface area (TPSA) is 35.6 Å². The fourth-order valence-corrected chi connectivity index (χ4v) is 2.29. The predicted molar refractivity (Wildman–Crippen MR) is 74.6 cm³/mol. The molecular weight excluding hydrogens is 250 g/mol. The molecule has 1 aromatic rings. The van der Waals surface area contributed by atoms with Crippen LogP contribution in [-0.4, -0.2) is 51.1 Å². The number of nitrogens with one attached hydrogen (secondary N) is 1. The van der Waals surface area contributed by atoms with Gasteiger partial charge in [0.2, 0.25) is 0 Å². The monoisotopic (exact) mass is 267 g/mol. The SMILES string of the molecule is CN(C)C(=O)c1ccc(Cl)c(N2CCNCC2)c1. The number of rotatable bonds is 2. The van der Waals surface area contributed by atoms with Crippen LogP contribution in [0.5, 0.6) is 0 Å². The lowest BCUT2D eigenvalue weighted by Crippen LogP contribution is -2.43. The van der Waals surface area contributed by atoms with Crippen LogP contribution in [0.4, 0.5) is 5.69 Å². The molecule has 1 aliphatic heterocycles. The minimum Gasteiger partial charge on any atom is -0.368 e. The number of carbonyl (C=O) groups excluding carboxylic acids is 1. The summed E-state index contributed by atoms with van der Waals surface area (Å²) in [5.74, 6) is 0.00283. The second-order valence-corrected chi connectivity index (χ2v) is 5.01. The number of piperazine rings is 1. The van der Waals surface area contributed by atoms with E-state index in [1.165, 1.54) is 0 Å². The molecule has 1 fully saturated rings. The fourth-order valence-electron chi connectivity index (χ4n) is 2.05. The molecule has 4 nitrogen and oxygen atoms in total. The maximum atomic E-state index is 11.9. The predicted octanol–water partition coefficient (Wildman–Crippen LogP) is 1.45. The van der Waals surface area contributed by atoms with E-state index in [0.717, 1.165) is 31.9 Å². The molecule has 0 bridgehead atoms. The average Bonchev–Trinajstić information content (AvgIpc) is 2.39. The van der Waals surface area contributed by atoms with E-state index in [0.29, 0.717) is 10.6 Å². The van der Waals surface area contributed by atoms with Gasteiger partial charge >= 0.3 is 0 Å². The standard InChI is InChI=1S/C13H18ClN3O/c1-16(2)13(18)10-3-4-11(14)12(9-10)17-7-5-15-6-8-17/h3-4,9,15H,5-8H2,1-2H3. The minimum atomic E-state index is 0.00283. The fraction of sp³-hybridized carbons (Fsp3) is 0.462. The van der Waals surface area contributed by atoms with Gasteiger partial charge in [0.05, 0.1) is 10.7 Å². The molecule has 0 unspecified atom stereocenters. The van der Waals surface area contributed by atoms with E-state index in [2.05, 4.69) is 10.2 Å². The van der Waals surface area contributed by atoms with Crippen LogP contribution in [0.1, 0.15) is 10.4 Å². The zero-order valence-corrected chi connectivity index (χ0v) is 11.5. The molecule has 0 atom stereocenters.